The van der Waals surface area contributed by atoms with Crippen LogP contribution in [0.3, 0.4) is 0 Å². The predicted octanol–water partition coefficient (Wildman–Crippen LogP) is 1.15. The van der Waals surface area contributed by atoms with Gasteiger partial charge in [0.2, 0.25) is 0 Å². The Kier molecular flexibility index (Phi) is 3.99. The number of likely N-dealkylation sites (N-methyl/N-ethyl adjacent to an activating group) is 1. The summed E-state index contributed by atoms with van der Waals surface area (Å²) in [5, 5.41) is 7.48. The van der Waals surface area contributed by atoms with Crippen molar-refractivity contribution in [2.45, 2.75) is 32.4 Å². The largest absolute Gasteiger partial charge is 0.311 e. The second-order valence-corrected chi connectivity index (χ2v) is 4.39. The van der Waals surface area contributed by atoms with Crippen molar-refractivity contribution in [3.8, 4) is 0 Å². The van der Waals surface area contributed by atoms with Gasteiger partial charge in [-0.15, -0.1) is 0 Å². The van der Waals surface area contributed by atoms with E-state index in [-0.39, 0.29) is 6.04 Å². The van der Waals surface area contributed by atoms with Gasteiger partial charge in [-0.2, -0.15) is 5.10 Å². The van der Waals surface area contributed by atoms with Crippen LogP contribution in [-0.4, -0.2) is 31.8 Å². The van der Waals surface area contributed by atoms with Crippen molar-refractivity contribution in [1.29, 1.82) is 0 Å². The molecular formula is C12H18N6. The van der Waals surface area contributed by atoms with E-state index in [1.165, 1.54) is 0 Å². The van der Waals surface area contributed by atoms with Gasteiger partial charge in [0.25, 0.3) is 0 Å². The molecular weight excluding hydrogens is 228 g/mol. The van der Waals surface area contributed by atoms with Crippen molar-refractivity contribution in [2.24, 2.45) is 0 Å². The van der Waals surface area contributed by atoms with Gasteiger partial charge in [0, 0.05) is 31.1 Å². The zero-order chi connectivity index (χ0) is 13.0. The van der Waals surface area contributed by atoms with Crippen molar-refractivity contribution in [1.82, 2.24) is 30.0 Å². The summed E-state index contributed by atoms with van der Waals surface area (Å²) >= 11 is 0. The van der Waals surface area contributed by atoms with E-state index in [0.717, 1.165) is 17.9 Å². The number of rotatable bonds is 5. The Labute approximate surface area is 106 Å². The molecule has 0 fully saturated rings. The van der Waals surface area contributed by atoms with Crippen LogP contribution in [0.1, 0.15) is 37.4 Å². The summed E-state index contributed by atoms with van der Waals surface area (Å²) in [6.45, 7) is 4.18. The van der Waals surface area contributed by atoms with Crippen LogP contribution in [0.15, 0.2) is 24.9 Å². The Morgan fingerprint density at radius 3 is 2.72 bits per heavy atom. The van der Waals surface area contributed by atoms with Crippen LogP contribution >= 0.6 is 0 Å². The van der Waals surface area contributed by atoms with Gasteiger partial charge in [0.05, 0.1) is 11.7 Å². The van der Waals surface area contributed by atoms with Crippen LogP contribution in [0.2, 0.25) is 0 Å². The number of hydrogen-bond acceptors (Lipinski definition) is 5. The highest BCUT2D eigenvalue weighted by Crippen LogP contribution is 2.15. The quantitative estimate of drug-likeness (QED) is 0.857. The zero-order valence-corrected chi connectivity index (χ0v) is 10.9. The van der Waals surface area contributed by atoms with Crippen molar-refractivity contribution in [3.63, 3.8) is 0 Å². The highest BCUT2D eigenvalue weighted by Gasteiger charge is 2.16. The molecule has 0 aliphatic rings. The maximum Gasteiger partial charge on any atom is 0.138 e. The Balaban J connectivity index is 2.18. The fourth-order valence-corrected chi connectivity index (χ4v) is 1.88. The Bertz CT molecular complexity index is 478. The molecule has 6 heteroatoms. The first-order chi connectivity index (χ1) is 8.72. The second-order valence-electron chi connectivity index (χ2n) is 4.39. The lowest BCUT2D eigenvalue weighted by Crippen LogP contribution is -2.22. The lowest BCUT2D eigenvalue weighted by atomic mass is 10.1. The third-order valence-electron chi connectivity index (χ3n) is 2.81. The Hall–Kier alpha value is -1.82. The topological polar surface area (TPSA) is 68.5 Å². The Morgan fingerprint density at radius 1 is 1.28 bits per heavy atom. The van der Waals surface area contributed by atoms with E-state index in [9.17, 15) is 0 Å². The van der Waals surface area contributed by atoms with Crippen molar-refractivity contribution in [2.75, 3.05) is 7.05 Å². The molecule has 6 nitrogen and oxygen atoms in total. The molecule has 96 valence electrons. The van der Waals surface area contributed by atoms with Gasteiger partial charge in [-0.05, 0) is 20.9 Å². The maximum atomic E-state index is 4.32. The van der Waals surface area contributed by atoms with Crippen molar-refractivity contribution in [3.05, 3.63) is 36.4 Å². The van der Waals surface area contributed by atoms with Gasteiger partial charge in [-0.3, -0.25) is 9.97 Å². The van der Waals surface area contributed by atoms with Gasteiger partial charge >= 0.3 is 0 Å². The van der Waals surface area contributed by atoms with Gasteiger partial charge < -0.3 is 5.32 Å². The van der Waals surface area contributed by atoms with E-state index in [1.54, 1.807) is 24.9 Å². The normalized spacial score (nSPS) is 12.9. The van der Waals surface area contributed by atoms with Gasteiger partial charge in [-0.1, -0.05) is 0 Å². The zero-order valence-electron chi connectivity index (χ0n) is 10.9. The SMILES string of the molecule is CNC(Cc1ncnn1C(C)C)c1cnccn1. The molecule has 2 heterocycles. The van der Waals surface area contributed by atoms with Gasteiger partial charge in [0.1, 0.15) is 12.2 Å². The van der Waals surface area contributed by atoms with E-state index in [1.807, 2.05) is 11.7 Å². The lowest BCUT2D eigenvalue weighted by Gasteiger charge is -2.16. The van der Waals surface area contributed by atoms with E-state index >= 15 is 0 Å². The summed E-state index contributed by atoms with van der Waals surface area (Å²) in [7, 11) is 1.91. The van der Waals surface area contributed by atoms with Crippen LogP contribution in [0.4, 0.5) is 0 Å². The first-order valence-corrected chi connectivity index (χ1v) is 6.04. The minimum atomic E-state index is 0.0976. The summed E-state index contributed by atoms with van der Waals surface area (Å²) in [6.07, 6.45) is 7.49. The van der Waals surface area contributed by atoms with E-state index in [4.69, 9.17) is 0 Å². The van der Waals surface area contributed by atoms with E-state index in [2.05, 4.69) is 39.2 Å². The van der Waals surface area contributed by atoms with E-state index in [0.29, 0.717) is 6.04 Å². The molecule has 2 aromatic rings. The molecule has 0 saturated carbocycles. The van der Waals surface area contributed by atoms with Gasteiger partial charge in [0.15, 0.2) is 0 Å². The summed E-state index contributed by atoms with van der Waals surface area (Å²) in [5.74, 6) is 0.954. The molecule has 0 aromatic carbocycles. The first kappa shape index (κ1) is 12.6. The Morgan fingerprint density at radius 2 is 2.11 bits per heavy atom. The average molecular weight is 246 g/mol. The summed E-state index contributed by atoms with van der Waals surface area (Å²) in [5.41, 5.74) is 0.915. The highest BCUT2D eigenvalue weighted by molar-refractivity contribution is 5.06. The second kappa shape index (κ2) is 5.68. The molecule has 2 aromatic heterocycles. The molecule has 0 aliphatic heterocycles. The number of nitrogens with one attached hydrogen (secondary N) is 1. The molecule has 0 amide bonds. The summed E-state index contributed by atoms with van der Waals surface area (Å²) < 4.78 is 1.93. The third-order valence-corrected chi connectivity index (χ3v) is 2.81. The molecule has 0 spiro atoms. The molecule has 0 radical (unpaired) electrons. The van der Waals surface area contributed by atoms with Crippen LogP contribution in [0.25, 0.3) is 0 Å². The van der Waals surface area contributed by atoms with Crippen LogP contribution in [0.5, 0.6) is 0 Å². The predicted molar refractivity (Wildman–Crippen MR) is 67.9 cm³/mol. The summed E-state index contributed by atoms with van der Waals surface area (Å²) in [4.78, 5) is 12.7. The van der Waals surface area contributed by atoms with Crippen molar-refractivity contribution >= 4 is 0 Å². The fourth-order valence-electron chi connectivity index (χ4n) is 1.88. The molecule has 0 saturated heterocycles. The molecule has 18 heavy (non-hydrogen) atoms. The minimum Gasteiger partial charge on any atom is -0.311 e. The van der Waals surface area contributed by atoms with Crippen LogP contribution in [0, 0.1) is 0 Å². The third kappa shape index (κ3) is 2.70. The monoisotopic (exact) mass is 246 g/mol. The number of nitrogens with zero attached hydrogens (tertiary/aromatic N) is 5. The number of hydrogen-bond donors (Lipinski definition) is 1. The molecule has 1 N–H and O–H groups in total. The van der Waals surface area contributed by atoms with E-state index < -0.39 is 0 Å². The minimum absolute atomic E-state index is 0.0976. The maximum absolute atomic E-state index is 4.32. The molecule has 0 aliphatic carbocycles. The molecule has 2 rings (SSSR count). The lowest BCUT2D eigenvalue weighted by molar-refractivity contribution is 0.474. The fraction of sp³-hybridized carbons (Fsp3) is 0.500. The number of aromatic nitrogens is 5. The summed E-state index contributed by atoms with van der Waals surface area (Å²) in [6, 6.07) is 0.405. The highest BCUT2D eigenvalue weighted by atomic mass is 15.3. The smallest absolute Gasteiger partial charge is 0.138 e. The molecule has 1 unspecified atom stereocenters. The molecule has 0 bridgehead atoms. The average Bonchev–Trinajstić information content (AvgIpc) is 2.85. The molecule has 1 atom stereocenters. The standard InChI is InChI=1S/C12H18N6/c1-9(2)18-12(16-8-17-18)6-10(13-3)11-7-14-4-5-15-11/h4-5,7-10,13H,6H2,1-3H3. The van der Waals surface area contributed by atoms with Gasteiger partial charge in [-0.25, -0.2) is 9.67 Å². The van der Waals surface area contributed by atoms with Crippen LogP contribution < -0.4 is 5.32 Å². The van der Waals surface area contributed by atoms with Crippen molar-refractivity contribution < 1.29 is 0 Å². The van der Waals surface area contributed by atoms with Crippen LogP contribution in [-0.2, 0) is 6.42 Å². The first-order valence-electron chi connectivity index (χ1n) is 6.04.